The van der Waals surface area contributed by atoms with Crippen molar-refractivity contribution in [1.82, 2.24) is 0 Å². The van der Waals surface area contributed by atoms with Gasteiger partial charge in [0, 0.05) is 65.1 Å². The van der Waals surface area contributed by atoms with Gasteiger partial charge in [0.2, 0.25) is 0 Å². The van der Waals surface area contributed by atoms with Crippen molar-refractivity contribution in [3.63, 3.8) is 0 Å². The van der Waals surface area contributed by atoms with E-state index in [0.29, 0.717) is 26.4 Å². The van der Waals surface area contributed by atoms with Gasteiger partial charge in [0.05, 0.1) is 49.2 Å². The van der Waals surface area contributed by atoms with Crippen LogP contribution in [0.2, 0.25) is 0 Å². The number of thiophene rings is 2. The van der Waals surface area contributed by atoms with Crippen molar-refractivity contribution in [3.8, 4) is 23.0 Å². The Morgan fingerprint density at radius 3 is 1.28 bits per heavy atom. The van der Waals surface area contributed by atoms with E-state index >= 15 is 0 Å². The van der Waals surface area contributed by atoms with Gasteiger partial charge in [0.1, 0.15) is 0 Å². The molecule has 0 saturated carbocycles. The topological polar surface area (TPSA) is 43.4 Å². The second-order valence-electron chi connectivity index (χ2n) is 21.9. The van der Waals surface area contributed by atoms with Crippen LogP contribution in [0, 0.1) is 27.7 Å². The number of aryl methyl sites for hydroxylation is 2. The number of anilines is 6. The average Bonchev–Trinajstić information content (AvgIpc) is 3.58. The van der Waals surface area contributed by atoms with Gasteiger partial charge in [0.25, 0.3) is 6.71 Å². The molecule has 0 amide bonds. The predicted octanol–water partition coefficient (Wildman–Crippen LogP) is 13.6. The molecule has 334 valence electrons. The molecule has 0 saturated heterocycles. The molecule has 4 aliphatic rings. The minimum absolute atomic E-state index is 0.000428. The predicted molar refractivity (Wildman–Crippen MR) is 277 cm³/mol. The first-order chi connectivity index (χ1) is 30.8. The van der Waals surface area contributed by atoms with Crippen LogP contribution in [0.4, 0.5) is 34.1 Å². The van der Waals surface area contributed by atoms with Crippen molar-refractivity contribution in [2.75, 3.05) is 36.2 Å². The highest BCUT2D eigenvalue weighted by molar-refractivity contribution is 7.40. The molecule has 6 heterocycles. The van der Waals surface area contributed by atoms with Crippen LogP contribution in [-0.2, 0) is 16.2 Å². The molecular formula is C56H61BN2O4S2. The van der Waals surface area contributed by atoms with Crippen LogP contribution < -0.4 is 43.8 Å². The van der Waals surface area contributed by atoms with E-state index in [1.54, 1.807) is 0 Å². The molecule has 0 N–H and O–H groups in total. The lowest BCUT2D eigenvalue weighted by molar-refractivity contribution is 0.296. The molecule has 11 rings (SSSR count). The highest BCUT2D eigenvalue weighted by Gasteiger charge is 2.49. The number of ether oxygens (including phenoxy) is 4. The minimum atomic E-state index is -0.172. The van der Waals surface area contributed by atoms with Gasteiger partial charge in [-0.25, -0.2) is 0 Å². The van der Waals surface area contributed by atoms with Gasteiger partial charge in [-0.2, -0.15) is 0 Å². The van der Waals surface area contributed by atoms with E-state index in [-0.39, 0.29) is 23.0 Å². The fourth-order valence-corrected chi connectivity index (χ4v) is 13.4. The third-order valence-electron chi connectivity index (χ3n) is 14.2. The molecule has 6 nitrogen and oxygen atoms in total. The number of rotatable bonds is 2. The number of fused-ring (bicyclic) bond motifs is 10. The molecule has 0 spiro atoms. The van der Waals surface area contributed by atoms with Crippen LogP contribution in [-0.4, -0.2) is 33.1 Å². The quantitative estimate of drug-likeness (QED) is 0.161. The molecule has 2 aromatic heterocycles. The van der Waals surface area contributed by atoms with Crippen molar-refractivity contribution in [1.29, 1.82) is 0 Å². The minimum Gasteiger partial charge on any atom is -0.490 e. The third kappa shape index (κ3) is 6.53. The first-order valence-electron chi connectivity index (χ1n) is 23.5. The van der Waals surface area contributed by atoms with E-state index in [9.17, 15) is 0 Å². The van der Waals surface area contributed by atoms with E-state index in [4.69, 9.17) is 18.9 Å². The average molecular weight is 901 g/mol. The number of nitrogens with zero attached hydrogens (tertiary/aromatic N) is 2. The summed E-state index contributed by atoms with van der Waals surface area (Å²) in [6.07, 6.45) is 1.71. The van der Waals surface area contributed by atoms with Gasteiger partial charge in [-0.1, -0.05) is 74.4 Å². The van der Waals surface area contributed by atoms with Gasteiger partial charge < -0.3 is 28.7 Å². The summed E-state index contributed by atoms with van der Waals surface area (Å²) in [6.45, 7) is 32.6. The summed E-state index contributed by atoms with van der Waals surface area (Å²) in [7, 11) is 0. The van der Waals surface area contributed by atoms with Crippen LogP contribution in [0.15, 0.2) is 60.7 Å². The zero-order chi connectivity index (χ0) is 45.6. The zero-order valence-corrected chi connectivity index (χ0v) is 42.1. The number of hydrogen-bond acceptors (Lipinski definition) is 8. The van der Waals surface area contributed by atoms with Crippen LogP contribution in [0.25, 0.3) is 20.2 Å². The number of hydrogen-bond donors (Lipinski definition) is 0. The third-order valence-corrected chi connectivity index (χ3v) is 16.6. The maximum atomic E-state index is 6.62. The SMILES string of the molecule is Cc1cc2c(c(C)c1N1c3cc(C(C)(C)C)cc4c3B(c3sc5ccc(C(C)(C)C)cc5c31)c1sc3ccc(C(C)(C)C)cc3c1N4c1c(C)cc3c(c1C)OCCCO3)OCCCO2. The van der Waals surface area contributed by atoms with Crippen LogP contribution in [0.3, 0.4) is 0 Å². The van der Waals surface area contributed by atoms with Gasteiger partial charge >= 0.3 is 0 Å². The zero-order valence-electron chi connectivity index (χ0n) is 40.4. The monoisotopic (exact) mass is 900 g/mol. The van der Waals surface area contributed by atoms with E-state index in [1.807, 2.05) is 22.7 Å². The molecular weight excluding hydrogens is 840 g/mol. The van der Waals surface area contributed by atoms with Crippen LogP contribution in [0.5, 0.6) is 23.0 Å². The molecule has 5 aromatic carbocycles. The molecule has 0 bridgehead atoms. The smallest absolute Gasteiger partial charge is 0.277 e. The van der Waals surface area contributed by atoms with Gasteiger partial charge in [-0.05, 0) is 126 Å². The molecule has 0 atom stereocenters. The Kier molecular flexibility index (Phi) is 9.61. The lowest BCUT2D eigenvalue weighted by Crippen LogP contribution is -2.59. The Balaban J connectivity index is 1.32. The Hall–Kier alpha value is -5.12. The summed E-state index contributed by atoms with van der Waals surface area (Å²) in [5.74, 6) is 3.37. The first kappa shape index (κ1) is 42.5. The van der Waals surface area contributed by atoms with Crippen molar-refractivity contribution < 1.29 is 18.9 Å². The van der Waals surface area contributed by atoms with E-state index < -0.39 is 0 Å². The molecule has 0 radical (unpaired) electrons. The van der Waals surface area contributed by atoms with Crippen LogP contribution >= 0.6 is 22.7 Å². The summed E-state index contributed by atoms with van der Waals surface area (Å²) in [5.41, 5.74) is 16.9. The van der Waals surface area contributed by atoms with E-state index in [1.165, 1.54) is 74.6 Å². The first-order valence-corrected chi connectivity index (χ1v) is 25.2. The summed E-state index contributed by atoms with van der Waals surface area (Å²) in [5, 5.41) is 2.60. The molecule has 4 aliphatic heterocycles. The van der Waals surface area contributed by atoms with Crippen molar-refractivity contribution in [2.24, 2.45) is 0 Å². The van der Waals surface area contributed by atoms with E-state index in [2.05, 4.69) is 160 Å². The molecule has 7 aromatic rings. The Labute approximate surface area is 393 Å². The lowest BCUT2D eigenvalue weighted by atomic mass is 9.39. The highest BCUT2D eigenvalue weighted by atomic mass is 32.1. The number of benzene rings is 5. The lowest BCUT2D eigenvalue weighted by Gasteiger charge is -2.44. The normalized spacial score (nSPS) is 15.8. The maximum absolute atomic E-state index is 6.62. The summed E-state index contributed by atoms with van der Waals surface area (Å²) in [4.78, 5) is 5.29. The van der Waals surface area contributed by atoms with Crippen molar-refractivity contribution in [3.05, 3.63) is 99.6 Å². The molecule has 65 heavy (non-hydrogen) atoms. The Morgan fingerprint density at radius 1 is 0.477 bits per heavy atom. The molecule has 0 unspecified atom stereocenters. The summed E-state index contributed by atoms with van der Waals surface area (Å²) in [6, 6.07) is 24.0. The second kappa shape index (κ2) is 14.7. The molecule has 0 aliphatic carbocycles. The van der Waals surface area contributed by atoms with Gasteiger partial charge in [0.15, 0.2) is 23.0 Å². The highest BCUT2D eigenvalue weighted by Crippen LogP contribution is 2.56. The van der Waals surface area contributed by atoms with Crippen molar-refractivity contribution in [2.45, 2.75) is 119 Å². The maximum Gasteiger partial charge on any atom is 0.277 e. The fraction of sp³-hybridized carbons (Fsp3) is 0.393. The fourth-order valence-electron chi connectivity index (χ4n) is 10.7. The van der Waals surface area contributed by atoms with Crippen LogP contribution in [0.1, 0.15) is 114 Å². The second-order valence-corrected chi connectivity index (χ2v) is 24.1. The standard InChI is InChI=1S/C56H61BN2O4S2/c1-30-24-41-50(62-22-14-20-60-41)32(3)46(30)58-39-28-36(56(11,12)13)29-40-45(39)57(52-48(58)37-26-34(54(5,6)7)16-18-43(37)64-52)53-49(38-27-35(55(8,9)10)17-19-44(38)65-53)59(40)47-31(2)25-42-51(33(47)4)63-23-15-21-61-42/h16-19,24-29H,14-15,20-23H2,1-13H3. The molecule has 9 heteroatoms. The van der Waals surface area contributed by atoms with Crippen molar-refractivity contribution >= 4 is 98.7 Å². The largest absolute Gasteiger partial charge is 0.490 e. The summed E-state index contributed by atoms with van der Waals surface area (Å²) < 4.78 is 31.4. The Morgan fingerprint density at radius 2 is 0.877 bits per heavy atom. The Bertz CT molecular complexity index is 2940. The van der Waals surface area contributed by atoms with Gasteiger partial charge in [-0.15, -0.1) is 22.7 Å². The molecule has 0 fully saturated rings. The summed E-state index contributed by atoms with van der Waals surface area (Å²) >= 11 is 3.94. The van der Waals surface area contributed by atoms with E-state index in [0.717, 1.165) is 69.5 Å². The van der Waals surface area contributed by atoms with Gasteiger partial charge in [-0.3, -0.25) is 0 Å².